The lowest BCUT2D eigenvalue weighted by molar-refractivity contribution is 0.177. The van der Waals surface area contributed by atoms with Crippen LogP contribution >= 0.6 is 34.7 Å². The Kier molecular flexibility index (Phi) is 13.6. The summed E-state index contributed by atoms with van der Waals surface area (Å²) in [5.74, 6) is 2.07. The first-order chi connectivity index (χ1) is 19.7. The molecule has 0 spiro atoms. The summed E-state index contributed by atoms with van der Waals surface area (Å²) >= 11 is 9.04. The number of rotatable bonds is 14. The molecule has 4 aromatic rings. The summed E-state index contributed by atoms with van der Waals surface area (Å²) in [6.07, 6.45) is 1.31. The van der Waals surface area contributed by atoms with Gasteiger partial charge in [-0.1, -0.05) is 65.4 Å². The predicted octanol–water partition coefficient (Wildman–Crippen LogP) is 4.46. The van der Waals surface area contributed by atoms with Gasteiger partial charge in [0, 0.05) is 29.4 Å². The molecule has 9 nitrogen and oxygen atoms in total. The molecule has 0 saturated heterocycles. The van der Waals surface area contributed by atoms with Crippen molar-refractivity contribution in [2.75, 3.05) is 37.7 Å². The highest BCUT2D eigenvalue weighted by atomic mass is 35.5. The number of H-pyrrole nitrogens is 1. The van der Waals surface area contributed by atoms with Crippen molar-refractivity contribution in [2.45, 2.75) is 23.8 Å². The fourth-order valence-electron chi connectivity index (χ4n) is 3.84. The van der Waals surface area contributed by atoms with Crippen LogP contribution in [-0.4, -0.2) is 65.9 Å². The molecule has 4 rings (SSSR count). The van der Waals surface area contributed by atoms with Crippen molar-refractivity contribution in [3.05, 3.63) is 92.5 Å². The first-order valence-electron chi connectivity index (χ1n) is 12.9. The van der Waals surface area contributed by atoms with Crippen molar-refractivity contribution in [3.63, 3.8) is 0 Å². The molecule has 0 amide bonds. The Hall–Kier alpha value is -2.42. The number of phenolic OH excluding ortho intramolecular Hbond substituents is 1. The van der Waals surface area contributed by atoms with Crippen molar-refractivity contribution in [1.82, 2.24) is 15.6 Å². The highest BCUT2D eigenvalue weighted by Crippen LogP contribution is 2.31. The Morgan fingerprint density at radius 1 is 0.951 bits per heavy atom. The number of benzene rings is 3. The van der Waals surface area contributed by atoms with Crippen molar-refractivity contribution in [3.8, 4) is 5.75 Å². The third-order valence-corrected chi connectivity index (χ3v) is 9.16. The number of thioether (sulfide) groups is 1. The molecule has 1 heterocycles. The molecule has 0 aliphatic heterocycles. The van der Waals surface area contributed by atoms with Gasteiger partial charge in [-0.25, -0.2) is 0 Å². The van der Waals surface area contributed by atoms with Crippen molar-refractivity contribution < 1.29 is 23.2 Å². The van der Waals surface area contributed by atoms with Crippen LogP contribution in [0.3, 0.4) is 0 Å². The lowest BCUT2D eigenvalue weighted by Crippen LogP contribution is -2.24. The second kappa shape index (κ2) is 16.9. The molecule has 6 N–H and O–H groups in total. The molecule has 0 bridgehead atoms. The number of aromatic nitrogens is 1. The van der Waals surface area contributed by atoms with Gasteiger partial charge in [-0.05, 0) is 61.5 Å². The number of nitrogens with one attached hydrogen (secondary N) is 3. The molecule has 1 aromatic heterocycles. The summed E-state index contributed by atoms with van der Waals surface area (Å²) in [7, 11) is -4.00. The number of aromatic amines is 1. The van der Waals surface area contributed by atoms with Crippen LogP contribution in [0, 0.1) is 0 Å². The highest BCUT2D eigenvalue weighted by molar-refractivity contribution is 7.99. The summed E-state index contributed by atoms with van der Waals surface area (Å²) in [6, 6.07) is 18.5. The average molecular weight is 640 g/mol. The number of hydrogen-bond donors (Lipinski definition) is 6. The summed E-state index contributed by atoms with van der Waals surface area (Å²) < 4.78 is 29.8. The molecule has 1 atom stereocenters. The minimum absolute atomic E-state index is 0.0204. The number of hydrogen-bond acceptors (Lipinski definition) is 9. The van der Waals surface area contributed by atoms with E-state index in [1.54, 1.807) is 24.3 Å². The minimum atomic E-state index is -4.00. The lowest BCUT2D eigenvalue weighted by atomic mass is 10.1. The number of halogens is 1. The number of thiazole rings is 1. The van der Waals surface area contributed by atoms with Crippen LogP contribution in [-0.2, 0) is 16.5 Å². The van der Waals surface area contributed by atoms with Crippen LogP contribution in [0.5, 0.6) is 5.75 Å². The number of aromatic hydroxyl groups is 1. The smallest absolute Gasteiger partial charge is 0.305 e. The molecular weight excluding hydrogens is 606 g/mol. The zero-order valence-electron chi connectivity index (χ0n) is 22.3. The van der Waals surface area contributed by atoms with Gasteiger partial charge in [-0.2, -0.15) is 20.2 Å². The van der Waals surface area contributed by atoms with Crippen LogP contribution in [0.15, 0.2) is 76.4 Å². The topological polar surface area (TPSA) is 152 Å². The van der Waals surface area contributed by atoms with E-state index in [0.717, 1.165) is 60.3 Å². The van der Waals surface area contributed by atoms with Crippen LogP contribution in [0.2, 0.25) is 5.02 Å². The van der Waals surface area contributed by atoms with Gasteiger partial charge < -0.3 is 25.8 Å². The van der Waals surface area contributed by atoms with E-state index in [1.807, 2.05) is 30.0 Å². The molecular formula is C28H34ClN3O6S3. The molecule has 0 fully saturated rings. The number of phenols is 1. The Balaban J connectivity index is 0.000000389. The third-order valence-electron chi connectivity index (χ3n) is 5.92. The molecule has 41 heavy (non-hydrogen) atoms. The maximum absolute atomic E-state index is 11.6. The summed E-state index contributed by atoms with van der Waals surface area (Å²) in [5, 5.41) is 27.9. The van der Waals surface area contributed by atoms with Gasteiger partial charge in [0.05, 0.1) is 15.7 Å². The maximum atomic E-state index is 11.6. The molecule has 222 valence electrons. The monoisotopic (exact) mass is 639 g/mol. The van der Waals surface area contributed by atoms with Crippen molar-refractivity contribution >= 4 is 55.0 Å². The number of aliphatic hydroxyl groups excluding tert-OH is 1. The van der Waals surface area contributed by atoms with E-state index < -0.39 is 16.2 Å². The van der Waals surface area contributed by atoms with Crippen LogP contribution in [0.25, 0.3) is 10.2 Å². The molecule has 13 heteroatoms. The fourth-order valence-corrected chi connectivity index (χ4v) is 6.33. The Morgan fingerprint density at radius 3 is 2.39 bits per heavy atom. The lowest BCUT2D eigenvalue weighted by Gasteiger charge is -2.13. The minimum Gasteiger partial charge on any atom is -0.506 e. The second-order valence-electron chi connectivity index (χ2n) is 8.96. The van der Waals surface area contributed by atoms with E-state index in [0.29, 0.717) is 22.3 Å². The van der Waals surface area contributed by atoms with Gasteiger partial charge in [0.25, 0.3) is 10.1 Å². The third kappa shape index (κ3) is 11.1. The van der Waals surface area contributed by atoms with Crippen molar-refractivity contribution in [1.29, 1.82) is 0 Å². The van der Waals surface area contributed by atoms with Crippen LogP contribution in [0.1, 0.15) is 23.7 Å². The molecule has 0 unspecified atom stereocenters. The first-order valence-corrected chi connectivity index (χ1v) is 16.7. The predicted molar refractivity (Wildman–Crippen MR) is 168 cm³/mol. The number of fused-ring (bicyclic) bond motifs is 1. The summed E-state index contributed by atoms with van der Waals surface area (Å²) in [4.78, 5) is 13.9. The first kappa shape index (κ1) is 33.1. The van der Waals surface area contributed by atoms with E-state index in [2.05, 4.69) is 21.7 Å². The molecule has 0 saturated carbocycles. The zero-order chi connectivity index (χ0) is 29.7. The Labute approximate surface area is 252 Å². The van der Waals surface area contributed by atoms with Gasteiger partial charge in [-0.3, -0.25) is 9.35 Å². The molecule has 3 aromatic carbocycles. The van der Waals surface area contributed by atoms with Gasteiger partial charge in [0.2, 0.25) is 0 Å². The maximum Gasteiger partial charge on any atom is 0.305 e. The van der Waals surface area contributed by atoms with Crippen molar-refractivity contribution in [2.24, 2.45) is 0 Å². The molecule has 0 aliphatic rings. The standard InChI is InChI=1S/C22H28ClN3O3S2.C6H6O3S/c23-17-5-2-1-4-15(17)8-10-24-9-3-12-30-13-11-25-14-19(28)16-6-7-18(27)20-21(16)31-22(29)26-20;7-10(8,9)6-4-2-1-3-5-6/h1-2,4-7,19,24-25,27-28H,3,8-14H2,(H,26,29);1-5H,(H,7,8,9)/t19-;/m0./s1. The fraction of sp³-hybridized carbons (Fsp3) is 0.321. The quantitative estimate of drug-likeness (QED) is 0.0868. The second-order valence-corrected chi connectivity index (χ2v) is 13.0. The van der Waals surface area contributed by atoms with E-state index in [1.165, 1.54) is 23.8 Å². The molecule has 0 radical (unpaired) electrons. The van der Waals surface area contributed by atoms with Gasteiger partial charge >= 0.3 is 4.87 Å². The van der Waals surface area contributed by atoms with E-state index in [9.17, 15) is 23.4 Å². The summed E-state index contributed by atoms with van der Waals surface area (Å²) in [5.41, 5.74) is 2.22. The summed E-state index contributed by atoms with van der Waals surface area (Å²) in [6.45, 7) is 3.11. The Morgan fingerprint density at radius 2 is 1.68 bits per heavy atom. The van der Waals surface area contributed by atoms with Gasteiger partial charge in [0.1, 0.15) is 11.3 Å². The molecule has 0 aliphatic carbocycles. The van der Waals surface area contributed by atoms with Crippen LogP contribution < -0.4 is 15.5 Å². The number of aliphatic hydroxyl groups is 1. The normalized spacial score (nSPS) is 12.2. The zero-order valence-corrected chi connectivity index (χ0v) is 25.5. The SMILES string of the molecule is O=S(=O)(O)c1ccccc1.O=c1[nH]c2c(O)ccc([C@@H](O)CNCCSCCCNCCc3ccccc3Cl)c2s1. The van der Waals surface area contributed by atoms with Gasteiger partial charge in [-0.15, -0.1) is 0 Å². The highest BCUT2D eigenvalue weighted by Gasteiger charge is 2.15. The average Bonchev–Trinajstić information content (AvgIpc) is 3.35. The van der Waals surface area contributed by atoms with Gasteiger partial charge in [0.15, 0.2) is 0 Å². The largest absolute Gasteiger partial charge is 0.506 e. The van der Waals surface area contributed by atoms with Crippen LogP contribution in [0.4, 0.5) is 0 Å². The Bertz CT molecular complexity index is 1530. The van der Waals surface area contributed by atoms with E-state index in [4.69, 9.17) is 16.2 Å². The van der Waals surface area contributed by atoms with E-state index in [-0.39, 0.29) is 15.5 Å². The van der Waals surface area contributed by atoms with E-state index >= 15 is 0 Å².